The Morgan fingerprint density at radius 1 is 1.17 bits per heavy atom. The van der Waals surface area contributed by atoms with Gasteiger partial charge in [-0.15, -0.1) is 0 Å². The molecule has 3 rings (SSSR count). The number of amides is 1. The molecule has 1 saturated heterocycles. The highest BCUT2D eigenvalue weighted by molar-refractivity contribution is 7.89. The highest BCUT2D eigenvalue weighted by atomic mass is 35.5. The Balaban J connectivity index is 1.80. The van der Waals surface area contributed by atoms with Crippen LogP contribution in [-0.4, -0.2) is 68.5 Å². The number of carbonyl (C=O) groups excluding carboxylic acids is 1. The molecular formula is C25H33ClN2O6S. The second kappa shape index (κ2) is 12.7. The van der Waals surface area contributed by atoms with Gasteiger partial charge in [0.1, 0.15) is 6.10 Å². The predicted octanol–water partition coefficient (Wildman–Crippen LogP) is 3.47. The minimum atomic E-state index is -3.91. The zero-order valence-corrected chi connectivity index (χ0v) is 21.5. The SMILES string of the molecule is CC(C)CN(C[C@H](O)C(Cc1ccccc1)NC(=O)O[C@H]1CCOC1)S(=O)(=O)c1ccc(Cl)cc1. The molecule has 2 N–H and O–H groups in total. The summed E-state index contributed by atoms with van der Waals surface area (Å²) >= 11 is 5.93. The van der Waals surface area contributed by atoms with Gasteiger partial charge < -0.3 is 19.9 Å². The van der Waals surface area contributed by atoms with Gasteiger partial charge in [-0.1, -0.05) is 55.8 Å². The Hall–Kier alpha value is -2.17. The molecular weight excluding hydrogens is 492 g/mol. The number of nitrogens with zero attached hydrogens (tertiary/aromatic N) is 1. The molecule has 8 nitrogen and oxygen atoms in total. The summed E-state index contributed by atoms with van der Waals surface area (Å²) in [6, 6.07) is 14.5. The van der Waals surface area contributed by atoms with Crippen molar-refractivity contribution >= 4 is 27.7 Å². The number of benzene rings is 2. The third-order valence-corrected chi connectivity index (χ3v) is 7.74. The monoisotopic (exact) mass is 524 g/mol. The number of hydrogen-bond donors (Lipinski definition) is 2. The summed E-state index contributed by atoms with van der Waals surface area (Å²) in [6.07, 6.45) is -1.29. The highest BCUT2D eigenvalue weighted by Crippen LogP contribution is 2.21. The number of halogens is 1. The molecule has 192 valence electrons. The molecule has 1 unspecified atom stereocenters. The Labute approximate surface area is 212 Å². The first-order valence-electron chi connectivity index (χ1n) is 11.7. The third kappa shape index (κ3) is 8.18. The first-order chi connectivity index (χ1) is 16.6. The van der Waals surface area contributed by atoms with Gasteiger partial charge in [0, 0.05) is 24.5 Å². The van der Waals surface area contributed by atoms with E-state index in [1.807, 2.05) is 44.2 Å². The standard InChI is InChI=1S/C25H33ClN2O6S/c1-18(2)15-28(35(31,32)22-10-8-20(26)9-11-22)16-24(29)23(14-19-6-4-3-5-7-19)27-25(30)34-21-12-13-33-17-21/h3-11,18,21,23-24,29H,12-17H2,1-2H3,(H,27,30)/t21-,23?,24-/m0/s1. The maximum absolute atomic E-state index is 13.4. The van der Waals surface area contributed by atoms with Crippen molar-refractivity contribution in [1.29, 1.82) is 0 Å². The molecule has 2 aromatic carbocycles. The van der Waals surface area contributed by atoms with Crippen molar-refractivity contribution in [1.82, 2.24) is 9.62 Å². The van der Waals surface area contributed by atoms with Crippen LogP contribution in [0.25, 0.3) is 0 Å². The molecule has 10 heteroatoms. The average Bonchev–Trinajstić information content (AvgIpc) is 3.31. The Bertz CT molecular complexity index is 1040. The molecule has 1 fully saturated rings. The van der Waals surface area contributed by atoms with Crippen molar-refractivity contribution < 1.29 is 27.8 Å². The maximum atomic E-state index is 13.4. The summed E-state index contributed by atoms with van der Waals surface area (Å²) in [5.41, 5.74) is 0.886. The lowest BCUT2D eigenvalue weighted by atomic mass is 10.0. The van der Waals surface area contributed by atoms with E-state index in [2.05, 4.69) is 5.32 Å². The summed E-state index contributed by atoms with van der Waals surface area (Å²) in [5, 5.41) is 14.4. The van der Waals surface area contributed by atoms with Gasteiger partial charge in [0.15, 0.2) is 0 Å². The largest absolute Gasteiger partial charge is 0.444 e. The van der Waals surface area contributed by atoms with E-state index in [-0.39, 0.29) is 30.0 Å². The molecule has 0 aliphatic carbocycles. The van der Waals surface area contributed by atoms with E-state index >= 15 is 0 Å². The van der Waals surface area contributed by atoms with E-state index in [9.17, 15) is 18.3 Å². The molecule has 0 saturated carbocycles. The van der Waals surface area contributed by atoms with Crippen LogP contribution in [-0.2, 0) is 25.9 Å². The Kier molecular flexibility index (Phi) is 9.94. The summed E-state index contributed by atoms with van der Waals surface area (Å²) < 4.78 is 38.7. The van der Waals surface area contributed by atoms with Gasteiger partial charge in [-0.3, -0.25) is 0 Å². The van der Waals surface area contributed by atoms with Gasteiger partial charge in [-0.05, 0) is 42.2 Å². The Morgan fingerprint density at radius 2 is 1.86 bits per heavy atom. The van der Waals surface area contributed by atoms with Crippen LogP contribution in [0.15, 0.2) is 59.5 Å². The molecule has 1 aliphatic heterocycles. The molecule has 3 atom stereocenters. The van der Waals surface area contributed by atoms with E-state index in [4.69, 9.17) is 21.1 Å². The number of hydrogen-bond acceptors (Lipinski definition) is 6. The van der Waals surface area contributed by atoms with Gasteiger partial charge in [0.25, 0.3) is 0 Å². The number of carbonyl (C=O) groups is 1. The number of aliphatic hydroxyl groups excluding tert-OH is 1. The number of alkyl carbamates (subject to hydrolysis) is 1. The van der Waals surface area contributed by atoms with E-state index in [1.54, 1.807) is 0 Å². The van der Waals surface area contributed by atoms with Gasteiger partial charge in [-0.25, -0.2) is 13.2 Å². The fourth-order valence-corrected chi connectivity index (χ4v) is 5.61. The number of ether oxygens (including phenoxy) is 2. The van der Waals surface area contributed by atoms with Gasteiger partial charge in [-0.2, -0.15) is 4.31 Å². The van der Waals surface area contributed by atoms with Gasteiger partial charge in [0.05, 0.1) is 30.3 Å². The van der Waals surface area contributed by atoms with Crippen LogP contribution < -0.4 is 5.32 Å². The third-order valence-electron chi connectivity index (χ3n) is 5.64. The summed E-state index contributed by atoms with van der Waals surface area (Å²) in [6.45, 7) is 4.66. The number of sulfonamides is 1. The van der Waals surface area contributed by atoms with Crippen LogP contribution in [0.3, 0.4) is 0 Å². The van der Waals surface area contributed by atoms with Gasteiger partial charge >= 0.3 is 6.09 Å². The average molecular weight is 525 g/mol. The van der Waals surface area contributed by atoms with Crippen molar-refractivity contribution in [2.45, 2.75) is 49.8 Å². The topological polar surface area (TPSA) is 105 Å². The molecule has 35 heavy (non-hydrogen) atoms. The van der Waals surface area contributed by atoms with Crippen LogP contribution >= 0.6 is 11.6 Å². The van der Waals surface area contributed by atoms with E-state index in [1.165, 1.54) is 28.6 Å². The fourth-order valence-electron chi connectivity index (χ4n) is 3.86. The van der Waals surface area contributed by atoms with Crippen LogP contribution in [0.5, 0.6) is 0 Å². The lowest BCUT2D eigenvalue weighted by Gasteiger charge is -2.30. The molecule has 1 amide bonds. The fraction of sp³-hybridized carbons (Fsp3) is 0.480. The summed E-state index contributed by atoms with van der Waals surface area (Å²) in [5.74, 6) is 0.0112. The summed E-state index contributed by atoms with van der Waals surface area (Å²) in [4.78, 5) is 12.7. The lowest BCUT2D eigenvalue weighted by Crippen LogP contribution is -2.51. The highest BCUT2D eigenvalue weighted by Gasteiger charge is 2.32. The zero-order chi connectivity index (χ0) is 25.4. The van der Waals surface area contributed by atoms with Crippen molar-refractivity contribution in [3.63, 3.8) is 0 Å². The van der Waals surface area contributed by atoms with E-state index < -0.39 is 28.3 Å². The number of rotatable bonds is 11. The minimum absolute atomic E-state index is 0.0112. The number of nitrogens with one attached hydrogen (secondary N) is 1. The smallest absolute Gasteiger partial charge is 0.407 e. The van der Waals surface area contributed by atoms with E-state index in [0.717, 1.165) is 5.56 Å². The maximum Gasteiger partial charge on any atom is 0.407 e. The zero-order valence-electron chi connectivity index (χ0n) is 20.0. The minimum Gasteiger partial charge on any atom is -0.444 e. The van der Waals surface area contributed by atoms with Crippen LogP contribution in [0.4, 0.5) is 4.79 Å². The number of aliphatic hydroxyl groups is 1. The first kappa shape index (κ1) is 27.4. The van der Waals surface area contributed by atoms with Crippen molar-refractivity contribution in [3.05, 3.63) is 65.2 Å². The van der Waals surface area contributed by atoms with Crippen molar-refractivity contribution in [2.75, 3.05) is 26.3 Å². The second-order valence-corrected chi connectivity index (χ2v) is 11.4. The summed E-state index contributed by atoms with van der Waals surface area (Å²) in [7, 11) is -3.91. The van der Waals surface area contributed by atoms with Crippen LogP contribution in [0.1, 0.15) is 25.8 Å². The molecule has 2 aromatic rings. The normalized spacial score (nSPS) is 17.9. The Morgan fingerprint density at radius 3 is 2.46 bits per heavy atom. The quantitative estimate of drug-likeness (QED) is 0.466. The second-order valence-electron chi connectivity index (χ2n) is 9.07. The molecule has 0 aromatic heterocycles. The van der Waals surface area contributed by atoms with Crippen molar-refractivity contribution in [2.24, 2.45) is 5.92 Å². The lowest BCUT2D eigenvalue weighted by molar-refractivity contribution is 0.0644. The first-order valence-corrected chi connectivity index (χ1v) is 13.5. The van der Waals surface area contributed by atoms with Crippen molar-refractivity contribution in [3.8, 4) is 0 Å². The van der Waals surface area contributed by atoms with E-state index in [0.29, 0.717) is 31.1 Å². The molecule has 1 aliphatic rings. The molecule has 1 heterocycles. The predicted molar refractivity (Wildman–Crippen MR) is 134 cm³/mol. The molecule has 0 bridgehead atoms. The van der Waals surface area contributed by atoms with Crippen LogP contribution in [0, 0.1) is 5.92 Å². The molecule has 0 spiro atoms. The van der Waals surface area contributed by atoms with Gasteiger partial charge in [0.2, 0.25) is 10.0 Å². The van der Waals surface area contributed by atoms with Crippen LogP contribution in [0.2, 0.25) is 5.02 Å². The molecule has 0 radical (unpaired) electrons.